The van der Waals surface area contributed by atoms with E-state index in [4.69, 9.17) is 0 Å². The van der Waals surface area contributed by atoms with E-state index in [1.165, 1.54) is 0 Å². The zero-order valence-electron chi connectivity index (χ0n) is 14.3. The van der Waals surface area contributed by atoms with Gasteiger partial charge in [-0.1, -0.05) is 34.5 Å². The van der Waals surface area contributed by atoms with Crippen LogP contribution in [0.25, 0.3) is 0 Å². The second kappa shape index (κ2) is 8.45. The smallest absolute Gasteiger partial charge is 0.315 e. The normalized spacial score (nSPS) is 24.6. The highest BCUT2D eigenvalue weighted by Crippen LogP contribution is 2.33. The Kier molecular flexibility index (Phi) is 6.28. The minimum absolute atomic E-state index is 0.0374. The summed E-state index contributed by atoms with van der Waals surface area (Å²) in [6.07, 6.45) is 3.56. The van der Waals surface area contributed by atoms with E-state index in [1.54, 1.807) is 4.90 Å². The Labute approximate surface area is 161 Å². The van der Waals surface area contributed by atoms with Crippen LogP contribution in [0.3, 0.4) is 0 Å². The number of halogens is 1. The Morgan fingerprint density at radius 2 is 2.20 bits per heavy atom. The SMILES string of the molecule is CN(Cc1cccc(Br)c1)C(=O)CCCC[C@@H]1SC[C@@H]2NC(=O)N[C@@H]21. The van der Waals surface area contributed by atoms with Crippen LogP contribution < -0.4 is 10.6 Å². The van der Waals surface area contributed by atoms with E-state index in [0.29, 0.717) is 18.2 Å². The lowest BCUT2D eigenvalue weighted by Gasteiger charge is -2.19. The van der Waals surface area contributed by atoms with E-state index >= 15 is 0 Å². The number of rotatable bonds is 7. The van der Waals surface area contributed by atoms with E-state index in [0.717, 1.165) is 35.1 Å². The maximum atomic E-state index is 12.3. The summed E-state index contributed by atoms with van der Waals surface area (Å²) in [5.74, 6) is 1.18. The fraction of sp³-hybridized carbons (Fsp3) is 0.556. The summed E-state index contributed by atoms with van der Waals surface area (Å²) in [6.45, 7) is 0.637. The maximum Gasteiger partial charge on any atom is 0.315 e. The summed E-state index contributed by atoms with van der Waals surface area (Å²) in [5, 5.41) is 6.45. The molecule has 0 saturated carbocycles. The summed E-state index contributed by atoms with van der Waals surface area (Å²) >= 11 is 5.39. The van der Waals surface area contributed by atoms with Crippen molar-refractivity contribution >= 4 is 39.6 Å². The van der Waals surface area contributed by atoms with Gasteiger partial charge < -0.3 is 15.5 Å². The van der Waals surface area contributed by atoms with Crippen LogP contribution >= 0.6 is 27.7 Å². The van der Waals surface area contributed by atoms with Crippen molar-refractivity contribution in [1.29, 1.82) is 0 Å². The van der Waals surface area contributed by atoms with E-state index in [2.05, 4.69) is 26.6 Å². The van der Waals surface area contributed by atoms with Crippen LogP contribution in [0.2, 0.25) is 0 Å². The lowest BCUT2D eigenvalue weighted by Crippen LogP contribution is -2.36. The van der Waals surface area contributed by atoms with Gasteiger partial charge in [0.2, 0.25) is 5.91 Å². The molecule has 0 aromatic heterocycles. The molecule has 2 heterocycles. The predicted molar refractivity (Wildman–Crippen MR) is 105 cm³/mol. The van der Waals surface area contributed by atoms with Gasteiger partial charge in [0.15, 0.2) is 0 Å². The van der Waals surface area contributed by atoms with Crippen LogP contribution in [-0.4, -0.2) is 47.0 Å². The second-order valence-electron chi connectivity index (χ2n) is 6.75. The summed E-state index contributed by atoms with van der Waals surface area (Å²) < 4.78 is 1.03. The van der Waals surface area contributed by atoms with Crippen LogP contribution in [0.5, 0.6) is 0 Å². The molecule has 136 valence electrons. The van der Waals surface area contributed by atoms with Crippen LogP contribution in [-0.2, 0) is 11.3 Å². The molecule has 2 aliphatic rings. The number of nitrogens with zero attached hydrogens (tertiary/aromatic N) is 1. The summed E-state index contributed by atoms with van der Waals surface area (Å²) in [4.78, 5) is 25.5. The lowest BCUT2D eigenvalue weighted by molar-refractivity contribution is -0.130. The van der Waals surface area contributed by atoms with Crippen LogP contribution in [0.15, 0.2) is 28.7 Å². The van der Waals surface area contributed by atoms with Gasteiger partial charge >= 0.3 is 6.03 Å². The number of thioether (sulfide) groups is 1. The highest BCUT2D eigenvalue weighted by Gasteiger charge is 2.42. The van der Waals surface area contributed by atoms with E-state index < -0.39 is 0 Å². The monoisotopic (exact) mass is 425 g/mol. The fourth-order valence-electron chi connectivity index (χ4n) is 3.45. The maximum absolute atomic E-state index is 12.3. The molecule has 2 N–H and O–H groups in total. The molecule has 3 atom stereocenters. The van der Waals surface area contributed by atoms with Crippen LogP contribution in [0.1, 0.15) is 31.2 Å². The first kappa shape index (κ1) is 18.6. The first-order valence-electron chi connectivity index (χ1n) is 8.70. The first-order chi connectivity index (χ1) is 12.0. The molecular weight excluding hydrogens is 402 g/mol. The fourth-order valence-corrected chi connectivity index (χ4v) is 5.44. The average molecular weight is 426 g/mol. The summed E-state index contributed by atoms with van der Waals surface area (Å²) in [5.41, 5.74) is 1.13. The number of nitrogens with one attached hydrogen (secondary N) is 2. The number of carbonyl (C=O) groups is 2. The van der Waals surface area contributed by atoms with Crippen molar-refractivity contribution in [1.82, 2.24) is 15.5 Å². The zero-order chi connectivity index (χ0) is 17.8. The minimum Gasteiger partial charge on any atom is -0.341 e. The second-order valence-corrected chi connectivity index (χ2v) is 8.94. The van der Waals surface area contributed by atoms with E-state index in [-0.39, 0.29) is 24.0 Å². The highest BCUT2D eigenvalue weighted by atomic mass is 79.9. The summed E-state index contributed by atoms with van der Waals surface area (Å²) in [7, 11) is 1.86. The van der Waals surface area contributed by atoms with Crippen LogP contribution in [0.4, 0.5) is 4.79 Å². The van der Waals surface area contributed by atoms with Crippen molar-refractivity contribution in [3.63, 3.8) is 0 Å². The molecule has 3 rings (SSSR count). The van der Waals surface area contributed by atoms with Crippen LogP contribution in [0, 0.1) is 0 Å². The van der Waals surface area contributed by atoms with Gasteiger partial charge in [-0.15, -0.1) is 0 Å². The molecular formula is C18H24BrN3O2S. The molecule has 2 aliphatic heterocycles. The topological polar surface area (TPSA) is 61.4 Å². The third-order valence-corrected chi connectivity index (χ3v) is 6.80. The van der Waals surface area contributed by atoms with Gasteiger partial charge in [0.25, 0.3) is 0 Å². The molecule has 3 amide bonds. The van der Waals surface area contributed by atoms with Gasteiger partial charge in [0.05, 0.1) is 12.1 Å². The molecule has 0 aliphatic carbocycles. The first-order valence-corrected chi connectivity index (χ1v) is 10.5. The molecule has 1 aromatic carbocycles. The number of amides is 3. The van der Waals surface area contributed by atoms with Crippen molar-refractivity contribution in [3.8, 4) is 0 Å². The van der Waals surface area contributed by atoms with Gasteiger partial charge in [-0.2, -0.15) is 11.8 Å². The predicted octanol–water partition coefficient (Wildman–Crippen LogP) is 3.13. The molecule has 2 fully saturated rings. The molecule has 0 bridgehead atoms. The molecule has 0 radical (unpaired) electrons. The molecule has 25 heavy (non-hydrogen) atoms. The van der Waals surface area contributed by atoms with Crippen molar-refractivity contribution in [2.24, 2.45) is 0 Å². The molecule has 1 aromatic rings. The number of hydrogen-bond acceptors (Lipinski definition) is 3. The molecule has 7 heteroatoms. The molecule has 5 nitrogen and oxygen atoms in total. The third kappa shape index (κ3) is 4.91. The number of urea groups is 1. The Morgan fingerprint density at radius 1 is 1.36 bits per heavy atom. The third-order valence-electron chi connectivity index (χ3n) is 4.80. The Morgan fingerprint density at radius 3 is 3.00 bits per heavy atom. The largest absolute Gasteiger partial charge is 0.341 e. The quantitative estimate of drug-likeness (QED) is 0.520. The Bertz CT molecular complexity index is 643. The highest BCUT2D eigenvalue weighted by molar-refractivity contribution is 9.10. The van der Waals surface area contributed by atoms with Gasteiger partial charge in [0.1, 0.15) is 0 Å². The van der Waals surface area contributed by atoms with Gasteiger partial charge in [0, 0.05) is 35.5 Å². The molecule has 0 unspecified atom stereocenters. The number of unbranched alkanes of at least 4 members (excludes halogenated alkanes) is 1. The summed E-state index contributed by atoms with van der Waals surface area (Å²) in [6, 6.07) is 8.55. The van der Waals surface area contributed by atoms with Gasteiger partial charge in [-0.05, 0) is 30.5 Å². The number of hydrogen-bond donors (Lipinski definition) is 2. The van der Waals surface area contributed by atoms with Gasteiger partial charge in [-0.3, -0.25) is 4.79 Å². The van der Waals surface area contributed by atoms with Crippen molar-refractivity contribution in [2.45, 2.75) is 49.6 Å². The average Bonchev–Trinajstić information content (AvgIpc) is 3.11. The van der Waals surface area contributed by atoms with E-state index in [1.807, 2.05) is 43.1 Å². The molecule has 0 spiro atoms. The van der Waals surface area contributed by atoms with Crippen molar-refractivity contribution in [3.05, 3.63) is 34.3 Å². The Hall–Kier alpha value is -1.21. The number of fused-ring (bicyclic) bond motifs is 1. The lowest BCUT2D eigenvalue weighted by atomic mass is 10.0. The number of benzene rings is 1. The van der Waals surface area contributed by atoms with E-state index in [9.17, 15) is 9.59 Å². The number of carbonyl (C=O) groups excluding carboxylic acids is 2. The standard InChI is InChI=1S/C18H24BrN3O2S/c1-22(10-12-5-4-6-13(19)9-12)16(23)8-3-2-7-15-17-14(11-25-15)20-18(24)21-17/h4-6,9,14-15,17H,2-3,7-8,10-11H2,1H3,(H2,20,21,24)/t14-,15-,17-/m0/s1. The molecule has 2 saturated heterocycles. The van der Waals surface area contributed by atoms with Crippen molar-refractivity contribution < 1.29 is 9.59 Å². The zero-order valence-corrected chi connectivity index (χ0v) is 16.7. The van der Waals surface area contributed by atoms with Gasteiger partial charge in [-0.25, -0.2) is 4.79 Å². The van der Waals surface area contributed by atoms with Crippen molar-refractivity contribution in [2.75, 3.05) is 12.8 Å². The Balaban J connectivity index is 1.36. The minimum atomic E-state index is -0.0374.